The maximum Gasteiger partial charge on any atom is 0.299 e. The average molecular weight is 752 g/mol. The molecule has 20 heteroatoms. The van der Waals surface area contributed by atoms with Crippen LogP contribution in [0.25, 0.3) is 0 Å². The quantitative estimate of drug-likeness (QED) is 0.0329. The van der Waals surface area contributed by atoms with Crippen molar-refractivity contribution in [3.05, 3.63) is 38.4 Å². The Morgan fingerprint density at radius 3 is 1.60 bits per heavy atom. The van der Waals surface area contributed by atoms with Crippen molar-refractivity contribution in [2.75, 3.05) is 25.0 Å². The number of unbranched alkanes of at least 4 members (excludes halogenated alkanes) is 3. The molecule has 0 saturated carbocycles. The lowest BCUT2D eigenvalue weighted by atomic mass is 10.0. The highest BCUT2D eigenvalue weighted by molar-refractivity contribution is 5.95. The standard InChI is InChI=1S/C33H57N11O9/c1-20(2)18-27(42-30(46)21(3)36)33(49)41-25(11-5-8-16-35)32(48)40-26(31(47)39-24(29(37)45)10-4-7-15-34)12-6-9-17-38-23-14-13-22(43(50)51)19-28(23)44(52)53/h13-14,19-21,24-27,38H,4-12,15-18,34-36H2,1-3H3,(H2,37,45)(H,39,47)(H,40,48)(H,41,49)(H,42,46)/t21-,24-,25-,26-,27-/m0/s1. The van der Waals surface area contributed by atoms with E-state index in [9.17, 15) is 44.2 Å². The summed E-state index contributed by atoms with van der Waals surface area (Å²) in [5.41, 5.74) is 21.6. The van der Waals surface area contributed by atoms with E-state index in [-0.39, 0.29) is 43.8 Å². The molecule has 0 unspecified atom stereocenters. The number of anilines is 1. The molecule has 1 aromatic rings. The first kappa shape index (κ1) is 46.1. The number of carbonyl (C=O) groups is 5. The van der Waals surface area contributed by atoms with Crippen molar-refractivity contribution in [3.8, 4) is 0 Å². The molecule has 5 atom stereocenters. The third-order valence-corrected chi connectivity index (χ3v) is 8.20. The first-order chi connectivity index (χ1) is 25.0. The second-order valence-corrected chi connectivity index (χ2v) is 13.3. The number of hydrogen-bond acceptors (Lipinski definition) is 13. The first-order valence-electron chi connectivity index (χ1n) is 17.8. The van der Waals surface area contributed by atoms with Crippen LogP contribution in [0.15, 0.2) is 18.2 Å². The van der Waals surface area contributed by atoms with Crippen molar-refractivity contribution in [1.82, 2.24) is 21.3 Å². The number of nitrogens with zero attached hydrogens (tertiary/aromatic N) is 2. The molecule has 0 spiro atoms. The monoisotopic (exact) mass is 751 g/mol. The van der Waals surface area contributed by atoms with Crippen LogP contribution in [0.3, 0.4) is 0 Å². The molecule has 298 valence electrons. The minimum absolute atomic E-state index is 0.000752. The van der Waals surface area contributed by atoms with Crippen LogP contribution in [0.4, 0.5) is 17.1 Å². The van der Waals surface area contributed by atoms with Gasteiger partial charge in [-0.05, 0) is 96.2 Å². The number of hydrogen-bond donors (Lipinski definition) is 9. The summed E-state index contributed by atoms with van der Waals surface area (Å²) in [6.07, 6.45) is 3.45. The summed E-state index contributed by atoms with van der Waals surface area (Å²) >= 11 is 0. The van der Waals surface area contributed by atoms with Crippen LogP contribution < -0.4 is 49.5 Å². The van der Waals surface area contributed by atoms with Crippen molar-refractivity contribution in [3.63, 3.8) is 0 Å². The first-order valence-corrected chi connectivity index (χ1v) is 17.8. The van der Waals surface area contributed by atoms with E-state index >= 15 is 0 Å². The molecular weight excluding hydrogens is 694 g/mol. The largest absolute Gasteiger partial charge is 0.379 e. The summed E-state index contributed by atoms with van der Waals surface area (Å²) in [6, 6.07) is -1.99. The van der Waals surface area contributed by atoms with Gasteiger partial charge >= 0.3 is 0 Å². The molecule has 0 aromatic heterocycles. The van der Waals surface area contributed by atoms with Gasteiger partial charge in [-0.1, -0.05) is 13.8 Å². The number of non-ortho nitro benzene ring substituents is 1. The molecule has 1 aromatic carbocycles. The van der Waals surface area contributed by atoms with Gasteiger partial charge in [0.25, 0.3) is 11.4 Å². The number of nitrogens with one attached hydrogen (secondary N) is 5. The Balaban J connectivity index is 3.23. The fourth-order valence-electron chi connectivity index (χ4n) is 5.26. The van der Waals surface area contributed by atoms with E-state index in [4.69, 9.17) is 22.9 Å². The van der Waals surface area contributed by atoms with E-state index < -0.39 is 81.0 Å². The topological polar surface area (TPSA) is 336 Å². The van der Waals surface area contributed by atoms with Crippen molar-refractivity contribution in [1.29, 1.82) is 0 Å². The number of nitrogens with two attached hydrogens (primary N) is 4. The number of rotatable bonds is 27. The van der Waals surface area contributed by atoms with Gasteiger partial charge in [0.1, 0.15) is 29.9 Å². The Kier molecular flexibility index (Phi) is 21.1. The molecule has 20 nitrogen and oxygen atoms in total. The summed E-state index contributed by atoms with van der Waals surface area (Å²) in [5.74, 6) is -3.30. The van der Waals surface area contributed by atoms with Gasteiger partial charge in [0.2, 0.25) is 29.5 Å². The van der Waals surface area contributed by atoms with Crippen LogP contribution in [-0.2, 0) is 24.0 Å². The highest BCUT2D eigenvalue weighted by atomic mass is 16.6. The third-order valence-electron chi connectivity index (χ3n) is 8.20. The van der Waals surface area contributed by atoms with Crippen molar-refractivity contribution >= 4 is 46.6 Å². The Hall–Kier alpha value is -4.95. The zero-order chi connectivity index (χ0) is 40.1. The van der Waals surface area contributed by atoms with E-state index in [2.05, 4.69) is 26.6 Å². The van der Waals surface area contributed by atoms with E-state index in [1.165, 1.54) is 13.0 Å². The van der Waals surface area contributed by atoms with Gasteiger partial charge in [-0.25, -0.2) is 0 Å². The molecule has 53 heavy (non-hydrogen) atoms. The second kappa shape index (κ2) is 24.3. The Bertz CT molecular complexity index is 1390. The van der Waals surface area contributed by atoms with E-state index in [1.54, 1.807) is 0 Å². The van der Waals surface area contributed by atoms with Gasteiger partial charge in [0.05, 0.1) is 22.0 Å². The summed E-state index contributed by atoms with van der Waals surface area (Å²) in [5, 5.41) is 36.1. The van der Waals surface area contributed by atoms with Gasteiger partial charge in [-0.15, -0.1) is 0 Å². The lowest BCUT2D eigenvalue weighted by Crippen LogP contribution is -2.58. The fourth-order valence-corrected chi connectivity index (χ4v) is 5.26. The zero-order valence-corrected chi connectivity index (χ0v) is 30.8. The lowest BCUT2D eigenvalue weighted by molar-refractivity contribution is -0.393. The van der Waals surface area contributed by atoms with Gasteiger partial charge in [-0.3, -0.25) is 44.2 Å². The predicted octanol–water partition coefficient (Wildman–Crippen LogP) is 0.161. The molecule has 0 fully saturated rings. The number of carbonyl (C=O) groups excluding carboxylic acids is 5. The van der Waals surface area contributed by atoms with Crippen molar-refractivity contribution in [2.45, 2.75) is 115 Å². The zero-order valence-electron chi connectivity index (χ0n) is 30.8. The normalized spacial score (nSPS) is 13.9. The summed E-state index contributed by atoms with van der Waals surface area (Å²) in [7, 11) is 0. The van der Waals surface area contributed by atoms with Crippen LogP contribution >= 0.6 is 0 Å². The van der Waals surface area contributed by atoms with Crippen LogP contribution in [0.2, 0.25) is 0 Å². The third kappa shape index (κ3) is 17.4. The minimum Gasteiger partial charge on any atom is -0.379 e. The molecule has 13 N–H and O–H groups in total. The minimum atomic E-state index is -1.19. The summed E-state index contributed by atoms with van der Waals surface area (Å²) < 4.78 is 0. The molecule has 0 aliphatic rings. The van der Waals surface area contributed by atoms with Gasteiger partial charge in [0, 0.05) is 12.6 Å². The second-order valence-electron chi connectivity index (χ2n) is 13.3. The molecular formula is C33H57N11O9. The number of amides is 5. The lowest BCUT2D eigenvalue weighted by Gasteiger charge is -2.27. The van der Waals surface area contributed by atoms with Gasteiger partial charge in [0.15, 0.2) is 0 Å². The highest BCUT2D eigenvalue weighted by Gasteiger charge is 2.31. The molecule has 0 heterocycles. The predicted molar refractivity (Wildman–Crippen MR) is 198 cm³/mol. The maximum absolute atomic E-state index is 13.8. The van der Waals surface area contributed by atoms with E-state index in [1.807, 2.05) is 13.8 Å². The van der Waals surface area contributed by atoms with E-state index in [0.717, 1.165) is 12.1 Å². The summed E-state index contributed by atoms with van der Waals surface area (Å²) in [6.45, 7) is 6.09. The van der Waals surface area contributed by atoms with Gasteiger partial charge in [-0.2, -0.15) is 0 Å². The Morgan fingerprint density at radius 1 is 0.679 bits per heavy atom. The Labute approximate surface area is 309 Å². The van der Waals surface area contributed by atoms with Crippen LogP contribution in [0, 0.1) is 26.1 Å². The summed E-state index contributed by atoms with van der Waals surface area (Å²) in [4.78, 5) is 86.4. The molecule has 0 aliphatic carbocycles. The number of benzene rings is 1. The smallest absolute Gasteiger partial charge is 0.299 e. The fraction of sp³-hybridized carbons (Fsp3) is 0.667. The maximum atomic E-state index is 13.8. The average Bonchev–Trinajstić information content (AvgIpc) is 3.09. The molecule has 0 bridgehead atoms. The number of nitro groups is 2. The van der Waals surface area contributed by atoms with Crippen LogP contribution in [0.5, 0.6) is 0 Å². The molecule has 1 rings (SSSR count). The highest BCUT2D eigenvalue weighted by Crippen LogP contribution is 2.29. The number of nitro benzene ring substituents is 2. The van der Waals surface area contributed by atoms with Crippen molar-refractivity contribution in [2.24, 2.45) is 28.9 Å². The van der Waals surface area contributed by atoms with Crippen molar-refractivity contribution < 1.29 is 33.8 Å². The van der Waals surface area contributed by atoms with Crippen LogP contribution in [-0.4, -0.2) is 89.2 Å². The van der Waals surface area contributed by atoms with Gasteiger partial charge < -0.3 is 49.5 Å². The molecule has 5 amide bonds. The van der Waals surface area contributed by atoms with Crippen LogP contribution in [0.1, 0.15) is 85.0 Å². The van der Waals surface area contributed by atoms with E-state index in [0.29, 0.717) is 51.6 Å². The molecule has 0 aliphatic heterocycles. The molecule has 0 radical (unpaired) electrons. The Morgan fingerprint density at radius 2 is 1.15 bits per heavy atom. The SMILES string of the molecule is CC(C)C[C@H](NC(=O)[C@H](C)N)C(=O)N[C@@H](CCCCN)C(=O)N[C@@H](CCCCNc1ccc([N+](=O)[O-])cc1[N+](=O)[O-])C(=O)N[C@@H](CCCCN)C(N)=O. The molecule has 0 saturated heterocycles. The number of primary amides is 1.